The Kier molecular flexibility index (Phi) is 6.49. The number of benzene rings is 2. The molecule has 0 saturated heterocycles. The first-order valence-electron chi connectivity index (χ1n) is 11.3. The molecule has 172 valence electrons. The Morgan fingerprint density at radius 2 is 1.88 bits per heavy atom. The average molecular weight is 447 g/mol. The van der Waals surface area contributed by atoms with Gasteiger partial charge < -0.3 is 15.0 Å². The van der Waals surface area contributed by atoms with Crippen LogP contribution in [0.2, 0.25) is 0 Å². The van der Waals surface area contributed by atoms with Gasteiger partial charge in [0, 0.05) is 42.1 Å². The minimum Gasteiger partial charge on any atom is -0.469 e. The third-order valence-corrected chi connectivity index (χ3v) is 6.34. The van der Waals surface area contributed by atoms with Crippen molar-refractivity contribution in [2.24, 2.45) is 0 Å². The van der Waals surface area contributed by atoms with Gasteiger partial charge in [0.1, 0.15) is 0 Å². The number of hydrogen-bond donors (Lipinski definition) is 1. The van der Waals surface area contributed by atoms with Crippen LogP contribution in [0.5, 0.6) is 0 Å². The molecule has 2 aromatic carbocycles. The van der Waals surface area contributed by atoms with E-state index >= 15 is 0 Å². The van der Waals surface area contributed by atoms with Gasteiger partial charge in [-0.15, -0.1) is 0 Å². The van der Waals surface area contributed by atoms with Gasteiger partial charge in [0.25, 0.3) is 5.91 Å². The zero-order valence-electron chi connectivity index (χ0n) is 19.6. The third kappa shape index (κ3) is 4.62. The molecule has 1 amide bonds. The number of nitrogens with one attached hydrogen (secondary N) is 1. The molecule has 1 aromatic heterocycles. The molecule has 1 N–H and O–H groups in total. The summed E-state index contributed by atoms with van der Waals surface area (Å²) >= 11 is 0. The fourth-order valence-corrected chi connectivity index (χ4v) is 4.43. The number of hydrogen-bond acceptors (Lipinski definition) is 5. The number of amides is 1. The van der Waals surface area contributed by atoms with Crippen LogP contribution in [0.4, 0.5) is 11.4 Å². The molecular weight excluding hydrogens is 416 g/mol. The van der Waals surface area contributed by atoms with Gasteiger partial charge in [-0.25, -0.2) is 4.68 Å². The van der Waals surface area contributed by atoms with Gasteiger partial charge in [-0.2, -0.15) is 5.10 Å². The number of carbonyl (C=O) groups excluding carboxylic acids is 2. The van der Waals surface area contributed by atoms with Crippen LogP contribution in [0.15, 0.2) is 42.5 Å². The SMILES string of the molecule is CCN1CCc2ccc(NC(=O)c3ccc(-n4nc(C)c(CCC(=O)OC)c4C)cc3)cc21. The Labute approximate surface area is 194 Å². The Morgan fingerprint density at radius 3 is 2.58 bits per heavy atom. The summed E-state index contributed by atoms with van der Waals surface area (Å²) in [6.07, 6.45) is 1.96. The zero-order chi connectivity index (χ0) is 23.5. The third-order valence-electron chi connectivity index (χ3n) is 6.34. The molecule has 3 aromatic rings. The van der Waals surface area contributed by atoms with Crippen molar-refractivity contribution in [3.8, 4) is 5.69 Å². The molecule has 0 fully saturated rings. The second kappa shape index (κ2) is 9.48. The number of anilines is 2. The maximum Gasteiger partial charge on any atom is 0.305 e. The van der Waals surface area contributed by atoms with Crippen molar-refractivity contribution in [2.45, 2.75) is 40.0 Å². The number of likely N-dealkylation sites (N-methyl/N-ethyl adjacent to an activating group) is 1. The van der Waals surface area contributed by atoms with Crippen molar-refractivity contribution in [1.82, 2.24) is 9.78 Å². The number of methoxy groups -OCH3 is 1. The number of fused-ring (bicyclic) bond motifs is 1. The summed E-state index contributed by atoms with van der Waals surface area (Å²) in [6, 6.07) is 13.5. The molecule has 0 spiro atoms. The topological polar surface area (TPSA) is 76.5 Å². The van der Waals surface area contributed by atoms with E-state index in [0.717, 1.165) is 47.8 Å². The van der Waals surface area contributed by atoms with Crippen LogP contribution >= 0.6 is 0 Å². The summed E-state index contributed by atoms with van der Waals surface area (Å²) in [6.45, 7) is 8.06. The van der Waals surface area contributed by atoms with Crippen molar-refractivity contribution in [3.63, 3.8) is 0 Å². The van der Waals surface area contributed by atoms with Crippen molar-refractivity contribution in [3.05, 3.63) is 70.5 Å². The molecule has 1 aliphatic heterocycles. The minimum atomic E-state index is -0.234. The van der Waals surface area contributed by atoms with E-state index in [0.29, 0.717) is 18.4 Å². The second-order valence-electron chi connectivity index (χ2n) is 8.31. The quantitative estimate of drug-likeness (QED) is 0.550. The van der Waals surface area contributed by atoms with Gasteiger partial charge in [-0.05, 0) is 81.1 Å². The van der Waals surface area contributed by atoms with Crippen LogP contribution in [0.3, 0.4) is 0 Å². The number of aromatic nitrogens is 2. The summed E-state index contributed by atoms with van der Waals surface area (Å²) in [4.78, 5) is 26.7. The first-order valence-corrected chi connectivity index (χ1v) is 11.3. The number of carbonyl (C=O) groups is 2. The lowest BCUT2D eigenvalue weighted by molar-refractivity contribution is -0.140. The molecular formula is C26H30N4O3. The van der Waals surface area contributed by atoms with Gasteiger partial charge in [-0.1, -0.05) is 6.07 Å². The van der Waals surface area contributed by atoms with Crippen LogP contribution in [0.1, 0.15) is 46.2 Å². The molecule has 0 aliphatic carbocycles. The van der Waals surface area contributed by atoms with Crippen molar-refractivity contribution >= 4 is 23.3 Å². The molecule has 0 saturated carbocycles. The lowest BCUT2D eigenvalue weighted by Gasteiger charge is -2.17. The highest BCUT2D eigenvalue weighted by Gasteiger charge is 2.19. The van der Waals surface area contributed by atoms with E-state index in [1.807, 2.05) is 36.7 Å². The predicted octanol–water partition coefficient (Wildman–Crippen LogP) is 4.23. The van der Waals surface area contributed by atoms with Gasteiger partial charge in [0.2, 0.25) is 0 Å². The van der Waals surface area contributed by atoms with Crippen molar-refractivity contribution in [1.29, 1.82) is 0 Å². The molecule has 0 unspecified atom stereocenters. The summed E-state index contributed by atoms with van der Waals surface area (Å²) in [5.74, 6) is -0.377. The molecule has 0 radical (unpaired) electrons. The maximum absolute atomic E-state index is 12.8. The van der Waals surface area contributed by atoms with Gasteiger partial charge in [0.05, 0.1) is 18.5 Å². The molecule has 0 atom stereocenters. The maximum atomic E-state index is 12.8. The molecule has 0 bridgehead atoms. The largest absolute Gasteiger partial charge is 0.469 e. The van der Waals surface area contributed by atoms with Crippen LogP contribution in [-0.2, 0) is 22.4 Å². The van der Waals surface area contributed by atoms with Crippen LogP contribution < -0.4 is 10.2 Å². The van der Waals surface area contributed by atoms with E-state index < -0.39 is 0 Å². The van der Waals surface area contributed by atoms with Crippen molar-refractivity contribution in [2.75, 3.05) is 30.4 Å². The Balaban J connectivity index is 1.48. The Morgan fingerprint density at radius 1 is 1.12 bits per heavy atom. The first kappa shape index (κ1) is 22.6. The van der Waals surface area contributed by atoms with E-state index in [9.17, 15) is 9.59 Å². The van der Waals surface area contributed by atoms with Gasteiger partial charge in [-0.3, -0.25) is 9.59 Å². The Hall–Kier alpha value is -3.61. The smallest absolute Gasteiger partial charge is 0.305 e. The van der Waals surface area contributed by atoms with Gasteiger partial charge >= 0.3 is 5.97 Å². The summed E-state index contributed by atoms with van der Waals surface area (Å²) in [5.41, 5.74) is 7.69. The number of rotatable bonds is 7. The predicted molar refractivity (Wildman–Crippen MR) is 129 cm³/mol. The van der Waals surface area contributed by atoms with E-state index in [2.05, 4.69) is 34.4 Å². The van der Waals surface area contributed by atoms with E-state index in [1.165, 1.54) is 18.4 Å². The number of aryl methyl sites for hydroxylation is 1. The highest BCUT2D eigenvalue weighted by atomic mass is 16.5. The Bertz CT molecular complexity index is 1180. The fraction of sp³-hybridized carbons (Fsp3) is 0.346. The summed E-state index contributed by atoms with van der Waals surface area (Å²) in [7, 11) is 1.40. The van der Waals surface area contributed by atoms with Crippen molar-refractivity contribution < 1.29 is 14.3 Å². The average Bonchev–Trinajstić information content (AvgIpc) is 3.37. The van der Waals surface area contributed by atoms with Crippen LogP contribution in [0, 0.1) is 13.8 Å². The van der Waals surface area contributed by atoms with Crippen LogP contribution in [-0.4, -0.2) is 41.9 Å². The standard InChI is InChI=1S/C26H30N4O3/c1-5-29-15-14-19-6-9-21(16-24(19)29)27-26(32)20-7-10-22(11-8-20)30-18(3)23(17(2)28-30)12-13-25(31)33-4/h6-11,16H,5,12-15H2,1-4H3,(H,27,32). The minimum absolute atomic E-state index is 0.144. The van der Waals surface area contributed by atoms with Crippen LogP contribution in [0.25, 0.3) is 5.69 Å². The lowest BCUT2D eigenvalue weighted by Crippen LogP contribution is -2.19. The molecule has 33 heavy (non-hydrogen) atoms. The van der Waals surface area contributed by atoms with E-state index in [4.69, 9.17) is 4.74 Å². The highest BCUT2D eigenvalue weighted by molar-refractivity contribution is 6.04. The normalized spacial score (nSPS) is 12.5. The van der Waals surface area contributed by atoms with E-state index in [1.54, 1.807) is 12.1 Å². The van der Waals surface area contributed by atoms with Gasteiger partial charge in [0.15, 0.2) is 0 Å². The molecule has 2 heterocycles. The summed E-state index contributed by atoms with van der Waals surface area (Å²) < 4.78 is 6.60. The number of ether oxygens (including phenoxy) is 1. The summed E-state index contributed by atoms with van der Waals surface area (Å²) in [5, 5.41) is 7.65. The zero-order valence-corrected chi connectivity index (χ0v) is 19.6. The second-order valence-corrected chi connectivity index (χ2v) is 8.31. The first-order chi connectivity index (χ1) is 15.9. The number of nitrogens with zero attached hydrogens (tertiary/aromatic N) is 3. The molecule has 1 aliphatic rings. The number of esters is 1. The monoisotopic (exact) mass is 446 g/mol. The fourth-order valence-electron chi connectivity index (χ4n) is 4.43. The van der Waals surface area contributed by atoms with E-state index in [-0.39, 0.29) is 11.9 Å². The molecule has 7 heteroatoms. The molecule has 7 nitrogen and oxygen atoms in total. The highest BCUT2D eigenvalue weighted by Crippen LogP contribution is 2.30. The molecule has 4 rings (SSSR count). The lowest BCUT2D eigenvalue weighted by atomic mass is 10.1.